The van der Waals surface area contributed by atoms with E-state index in [9.17, 15) is 14.9 Å². The number of carbonyl (C=O) groups is 1. The van der Waals surface area contributed by atoms with Crippen molar-refractivity contribution in [1.29, 1.82) is 0 Å². The van der Waals surface area contributed by atoms with Crippen LogP contribution in [0.25, 0.3) is 10.9 Å². The van der Waals surface area contributed by atoms with Crippen LogP contribution in [0.4, 0.5) is 5.69 Å². The summed E-state index contributed by atoms with van der Waals surface area (Å²) in [6, 6.07) is 13.8. The highest BCUT2D eigenvalue weighted by Crippen LogP contribution is 2.29. The van der Waals surface area contributed by atoms with Crippen LogP contribution in [0, 0.1) is 10.1 Å². The lowest BCUT2D eigenvalue weighted by atomic mass is 9.97. The van der Waals surface area contributed by atoms with E-state index in [4.69, 9.17) is 9.72 Å². The number of para-hydroxylation sites is 1. The normalized spacial score (nSPS) is 13.6. The zero-order valence-electron chi connectivity index (χ0n) is 15.4. The number of nitro groups is 1. The monoisotopic (exact) mass is 376 g/mol. The summed E-state index contributed by atoms with van der Waals surface area (Å²) in [6.07, 6.45) is 4.90. The second kappa shape index (κ2) is 7.76. The lowest BCUT2D eigenvalue weighted by Crippen LogP contribution is -2.12. The highest BCUT2D eigenvalue weighted by atomic mass is 16.6. The lowest BCUT2D eigenvalue weighted by molar-refractivity contribution is -0.384. The first-order valence-electron chi connectivity index (χ1n) is 9.44. The largest absolute Gasteiger partial charge is 0.457 e. The fourth-order valence-electron chi connectivity index (χ4n) is 3.76. The molecule has 1 aliphatic carbocycles. The standard InChI is InChI=1S/C22H20N2O4/c25-22(28-14-15-7-6-8-16(13-15)24(26)27)21-17-9-2-1-3-11-19(17)23-20-12-5-4-10-18(20)21/h4-8,10,12-13H,1-3,9,11,14H2. The molecule has 0 aliphatic heterocycles. The zero-order chi connectivity index (χ0) is 19.5. The minimum atomic E-state index is -0.457. The molecule has 0 N–H and O–H groups in total. The van der Waals surface area contributed by atoms with Crippen molar-refractivity contribution in [2.45, 2.75) is 38.7 Å². The molecule has 0 spiro atoms. The van der Waals surface area contributed by atoms with Gasteiger partial charge in [-0.1, -0.05) is 36.8 Å². The maximum absolute atomic E-state index is 13.1. The third-order valence-corrected chi connectivity index (χ3v) is 5.11. The number of benzene rings is 2. The third kappa shape index (κ3) is 3.58. The van der Waals surface area contributed by atoms with Crippen LogP contribution in [0.5, 0.6) is 0 Å². The van der Waals surface area contributed by atoms with Gasteiger partial charge in [-0.25, -0.2) is 4.79 Å². The first kappa shape index (κ1) is 18.1. The average Bonchev–Trinajstić information content (AvgIpc) is 2.95. The van der Waals surface area contributed by atoms with Crippen molar-refractivity contribution in [3.05, 3.63) is 81.0 Å². The molecule has 1 aromatic heterocycles. The number of rotatable bonds is 4. The van der Waals surface area contributed by atoms with Gasteiger partial charge in [-0.15, -0.1) is 0 Å². The number of carbonyl (C=O) groups excluding carboxylic acids is 1. The predicted octanol–water partition coefficient (Wildman–Crippen LogP) is 4.77. The van der Waals surface area contributed by atoms with Gasteiger partial charge in [0.1, 0.15) is 6.61 Å². The fourth-order valence-corrected chi connectivity index (χ4v) is 3.76. The molecule has 28 heavy (non-hydrogen) atoms. The minimum absolute atomic E-state index is 0.00800. The van der Waals surface area contributed by atoms with Crippen LogP contribution in [0.1, 0.15) is 46.4 Å². The molecule has 142 valence electrons. The third-order valence-electron chi connectivity index (χ3n) is 5.11. The predicted molar refractivity (Wildman–Crippen MR) is 105 cm³/mol. The Morgan fingerprint density at radius 2 is 1.89 bits per heavy atom. The number of nitro benzene ring substituents is 1. The second-order valence-electron chi connectivity index (χ2n) is 6.99. The summed E-state index contributed by atoms with van der Waals surface area (Å²) in [6.45, 7) is -0.00800. The summed E-state index contributed by atoms with van der Waals surface area (Å²) in [5.74, 6) is -0.400. The molecule has 6 heteroatoms. The van der Waals surface area contributed by atoms with E-state index in [1.54, 1.807) is 12.1 Å². The van der Waals surface area contributed by atoms with Crippen LogP contribution in [0.15, 0.2) is 48.5 Å². The molecule has 1 heterocycles. The number of pyridine rings is 1. The van der Waals surface area contributed by atoms with Gasteiger partial charge in [0, 0.05) is 23.2 Å². The van der Waals surface area contributed by atoms with Crippen molar-refractivity contribution < 1.29 is 14.5 Å². The average molecular weight is 376 g/mol. The SMILES string of the molecule is O=C(OCc1cccc([N+](=O)[O-])c1)c1c2c(nc3ccccc13)CCCCC2. The van der Waals surface area contributed by atoms with Crippen molar-refractivity contribution >= 4 is 22.6 Å². The van der Waals surface area contributed by atoms with Gasteiger partial charge in [0.2, 0.25) is 0 Å². The van der Waals surface area contributed by atoms with E-state index >= 15 is 0 Å². The van der Waals surface area contributed by atoms with Crippen LogP contribution in [0.3, 0.4) is 0 Å². The van der Waals surface area contributed by atoms with E-state index in [2.05, 4.69) is 0 Å². The molecule has 0 atom stereocenters. The van der Waals surface area contributed by atoms with Crippen LogP contribution in [0.2, 0.25) is 0 Å². The number of aryl methyl sites for hydroxylation is 1. The molecule has 0 amide bonds. The number of nitrogens with zero attached hydrogens (tertiary/aromatic N) is 2. The Morgan fingerprint density at radius 1 is 1.07 bits per heavy atom. The van der Waals surface area contributed by atoms with E-state index in [0.717, 1.165) is 54.3 Å². The molecule has 0 unspecified atom stereocenters. The quantitative estimate of drug-likeness (QED) is 0.283. The maximum Gasteiger partial charge on any atom is 0.339 e. The number of aromatic nitrogens is 1. The first-order valence-corrected chi connectivity index (χ1v) is 9.44. The summed E-state index contributed by atoms with van der Waals surface area (Å²) in [7, 11) is 0. The van der Waals surface area contributed by atoms with E-state index in [1.165, 1.54) is 12.1 Å². The number of hydrogen-bond donors (Lipinski definition) is 0. The Morgan fingerprint density at radius 3 is 2.75 bits per heavy atom. The fraction of sp³-hybridized carbons (Fsp3) is 0.273. The van der Waals surface area contributed by atoms with E-state index < -0.39 is 10.9 Å². The number of esters is 1. The minimum Gasteiger partial charge on any atom is -0.457 e. The van der Waals surface area contributed by atoms with E-state index in [-0.39, 0.29) is 12.3 Å². The van der Waals surface area contributed by atoms with Gasteiger partial charge < -0.3 is 4.74 Å². The van der Waals surface area contributed by atoms with Crippen LogP contribution in [-0.4, -0.2) is 15.9 Å². The molecule has 1 aliphatic rings. The van der Waals surface area contributed by atoms with Gasteiger partial charge in [-0.2, -0.15) is 0 Å². The van der Waals surface area contributed by atoms with Crippen LogP contribution in [-0.2, 0) is 24.2 Å². The molecule has 3 aromatic rings. The van der Waals surface area contributed by atoms with Crippen LogP contribution >= 0.6 is 0 Å². The molecule has 0 radical (unpaired) electrons. The Hall–Kier alpha value is -3.28. The zero-order valence-corrected chi connectivity index (χ0v) is 15.4. The van der Waals surface area contributed by atoms with Gasteiger partial charge in [0.15, 0.2) is 0 Å². The van der Waals surface area contributed by atoms with Gasteiger partial charge >= 0.3 is 5.97 Å². The molecule has 0 saturated heterocycles. The molecule has 2 aromatic carbocycles. The lowest BCUT2D eigenvalue weighted by Gasteiger charge is -2.15. The molecular weight excluding hydrogens is 356 g/mol. The van der Waals surface area contributed by atoms with E-state index in [1.807, 2.05) is 24.3 Å². The number of non-ortho nitro benzene ring substituents is 1. The Kier molecular flexibility index (Phi) is 5.02. The molecule has 0 bridgehead atoms. The van der Waals surface area contributed by atoms with Crippen molar-refractivity contribution in [2.75, 3.05) is 0 Å². The van der Waals surface area contributed by atoms with Gasteiger partial charge in [-0.3, -0.25) is 15.1 Å². The van der Waals surface area contributed by atoms with Gasteiger partial charge in [0.25, 0.3) is 5.69 Å². The highest BCUT2D eigenvalue weighted by Gasteiger charge is 2.23. The Balaban J connectivity index is 1.68. The summed E-state index contributed by atoms with van der Waals surface area (Å²) < 4.78 is 5.57. The topological polar surface area (TPSA) is 82.3 Å². The molecule has 4 rings (SSSR count). The summed E-state index contributed by atoms with van der Waals surface area (Å²) >= 11 is 0. The van der Waals surface area contributed by atoms with Crippen LogP contribution < -0.4 is 0 Å². The number of fused-ring (bicyclic) bond motifs is 2. The summed E-state index contributed by atoms with van der Waals surface area (Å²) in [5.41, 5.74) is 3.93. The molecule has 6 nitrogen and oxygen atoms in total. The van der Waals surface area contributed by atoms with Crippen molar-refractivity contribution in [3.8, 4) is 0 Å². The molecule has 0 fully saturated rings. The van der Waals surface area contributed by atoms with Crippen molar-refractivity contribution in [2.24, 2.45) is 0 Å². The summed E-state index contributed by atoms with van der Waals surface area (Å²) in [4.78, 5) is 28.3. The van der Waals surface area contributed by atoms with E-state index in [0.29, 0.717) is 11.1 Å². The second-order valence-corrected chi connectivity index (χ2v) is 6.99. The highest BCUT2D eigenvalue weighted by molar-refractivity contribution is 6.05. The van der Waals surface area contributed by atoms with Crippen molar-refractivity contribution in [3.63, 3.8) is 0 Å². The van der Waals surface area contributed by atoms with Crippen molar-refractivity contribution in [1.82, 2.24) is 4.98 Å². The van der Waals surface area contributed by atoms with Gasteiger partial charge in [-0.05, 0) is 42.9 Å². The Bertz CT molecular complexity index is 1060. The Labute approximate surface area is 162 Å². The summed E-state index contributed by atoms with van der Waals surface area (Å²) in [5, 5.41) is 11.7. The molecular formula is C22H20N2O4. The van der Waals surface area contributed by atoms with Gasteiger partial charge in [0.05, 0.1) is 16.0 Å². The smallest absolute Gasteiger partial charge is 0.339 e. The molecule has 0 saturated carbocycles. The number of ether oxygens (including phenoxy) is 1. The first-order chi connectivity index (χ1) is 13.6. The number of hydrogen-bond acceptors (Lipinski definition) is 5. The maximum atomic E-state index is 13.1.